The Bertz CT molecular complexity index is 290. The maximum atomic E-state index is 5.73. The Balaban J connectivity index is 2.63. The molecule has 0 N–H and O–H groups in total. The second-order valence-electron chi connectivity index (χ2n) is 2.10. The van der Waals surface area contributed by atoms with E-state index in [2.05, 4.69) is 27.5 Å². The summed E-state index contributed by atoms with van der Waals surface area (Å²) >= 11 is 8.90. The van der Waals surface area contributed by atoms with Crippen molar-refractivity contribution in [1.29, 1.82) is 0 Å². The lowest BCUT2D eigenvalue weighted by molar-refractivity contribution is 0.359. The summed E-state index contributed by atoms with van der Waals surface area (Å²) in [7, 11) is 0. The first-order chi connectivity index (χ1) is 5.70. The molecule has 1 rings (SSSR count). The third-order valence-corrected chi connectivity index (χ3v) is 1.62. The summed E-state index contributed by atoms with van der Waals surface area (Å²) in [6, 6.07) is 3.52. The van der Waals surface area contributed by atoms with Gasteiger partial charge < -0.3 is 4.74 Å². The van der Waals surface area contributed by atoms with E-state index in [1.165, 1.54) is 0 Å². The molecule has 1 aromatic heterocycles. The van der Waals surface area contributed by atoms with Crippen molar-refractivity contribution in [3.05, 3.63) is 34.5 Å². The van der Waals surface area contributed by atoms with Crippen LogP contribution in [-0.4, -0.2) is 11.6 Å². The van der Waals surface area contributed by atoms with Gasteiger partial charge in [0.05, 0.1) is 0 Å². The number of pyridine rings is 1. The predicted octanol–water partition coefficient (Wildman–Crippen LogP) is 3.02. The average molecular weight is 249 g/mol. The van der Waals surface area contributed by atoms with Crippen molar-refractivity contribution < 1.29 is 4.74 Å². The number of hydrogen-bond donors (Lipinski definition) is 0. The van der Waals surface area contributed by atoms with Crippen molar-refractivity contribution in [2.75, 3.05) is 6.61 Å². The summed E-state index contributed by atoms with van der Waals surface area (Å²) in [5.41, 5.74) is 0. The predicted molar refractivity (Wildman–Crippen MR) is 52.8 cm³/mol. The largest absolute Gasteiger partial charge is 0.485 e. The van der Waals surface area contributed by atoms with E-state index < -0.39 is 0 Å². The van der Waals surface area contributed by atoms with Crippen LogP contribution >= 0.6 is 27.5 Å². The Hall–Kier alpha value is -0.540. The monoisotopic (exact) mass is 247 g/mol. The van der Waals surface area contributed by atoms with Gasteiger partial charge in [0.1, 0.15) is 6.61 Å². The van der Waals surface area contributed by atoms with Crippen LogP contribution in [0.2, 0.25) is 5.15 Å². The van der Waals surface area contributed by atoms with Gasteiger partial charge in [-0.05, 0) is 12.1 Å². The van der Waals surface area contributed by atoms with E-state index in [9.17, 15) is 0 Å². The molecule has 0 unspecified atom stereocenters. The summed E-state index contributed by atoms with van der Waals surface area (Å²) in [4.78, 5) is 3.85. The second-order valence-corrected chi connectivity index (χ2v) is 3.58. The maximum Gasteiger partial charge on any atom is 0.171 e. The first kappa shape index (κ1) is 9.55. The molecule has 0 radical (unpaired) electrons. The highest BCUT2D eigenvalue weighted by atomic mass is 79.9. The van der Waals surface area contributed by atoms with Gasteiger partial charge in [0.25, 0.3) is 0 Å². The molecule has 0 aliphatic heterocycles. The quantitative estimate of drug-likeness (QED) is 0.767. The number of nitrogens with zero attached hydrogens (tertiary/aromatic N) is 1. The molecule has 0 atom stereocenters. The van der Waals surface area contributed by atoms with E-state index in [1.54, 1.807) is 18.3 Å². The lowest BCUT2D eigenvalue weighted by Crippen LogP contribution is -1.96. The number of halogens is 2. The van der Waals surface area contributed by atoms with Gasteiger partial charge in [-0.25, -0.2) is 4.98 Å². The molecular formula is C8H7BrClNO. The van der Waals surface area contributed by atoms with E-state index in [4.69, 9.17) is 16.3 Å². The van der Waals surface area contributed by atoms with E-state index in [0.717, 1.165) is 4.48 Å². The fraction of sp³-hybridized carbons (Fsp3) is 0.125. The highest BCUT2D eigenvalue weighted by Crippen LogP contribution is 2.21. The van der Waals surface area contributed by atoms with Crippen molar-refractivity contribution in [2.24, 2.45) is 0 Å². The van der Waals surface area contributed by atoms with Crippen molar-refractivity contribution in [1.82, 2.24) is 4.98 Å². The third kappa shape index (κ3) is 2.83. The number of ether oxygens (including phenoxy) is 1. The van der Waals surface area contributed by atoms with Crippen molar-refractivity contribution in [3.8, 4) is 5.75 Å². The minimum absolute atomic E-state index is 0.367. The van der Waals surface area contributed by atoms with Gasteiger partial charge in [0.2, 0.25) is 0 Å². The van der Waals surface area contributed by atoms with Crippen LogP contribution in [0.5, 0.6) is 5.75 Å². The Morgan fingerprint density at radius 2 is 2.50 bits per heavy atom. The van der Waals surface area contributed by atoms with Gasteiger partial charge in [-0.2, -0.15) is 0 Å². The highest BCUT2D eigenvalue weighted by Gasteiger charge is 2.00. The van der Waals surface area contributed by atoms with Crippen molar-refractivity contribution >= 4 is 27.5 Å². The summed E-state index contributed by atoms with van der Waals surface area (Å²) in [5, 5.41) is 0.367. The van der Waals surface area contributed by atoms with Crippen molar-refractivity contribution in [3.63, 3.8) is 0 Å². The van der Waals surface area contributed by atoms with Crippen LogP contribution in [0.15, 0.2) is 29.4 Å². The minimum atomic E-state index is 0.367. The van der Waals surface area contributed by atoms with Crippen LogP contribution in [0.1, 0.15) is 0 Å². The van der Waals surface area contributed by atoms with E-state index in [1.807, 2.05) is 0 Å². The normalized spacial score (nSPS) is 9.50. The smallest absolute Gasteiger partial charge is 0.171 e. The topological polar surface area (TPSA) is 22.1 Å². The summed E-state index contributed by atoms with van der Waals surface area (Å²) in [6.07, 6.45) is 1.61. The van der Waals surface area contributed by atoms with Gasteiger partial charge in [-0.1, -0.05) is 34.1 Å². The Morgan fingerprint density at radius 1 is 1.75 bits per heavy atom. The van der Waals surface area contributed by atoms with Gasteiger partial charge >= 0.3 is 0 Å². The summed E-state index contributed by atoms with van der Waals surface area (Å²) < 4.78 is 6.02. The Kier molecular flexibility index (Phi) is 3.56. The second kappa shape index (κ2) is 4.48. The van der Waals surface area contributed by atoms with E-state index >= 15 is 0 Å². The molecule has 0 spiro atoms. The zero-order valence-electron chi connectivity index (χ0n) is 6.26. The zero-order valence-corrected chi connectivity index (χ0v) is 8.60. The molecule has 4 heteroatoms. The van der Waals surface area contributed by atoms with Crippen LogP contribution in [0.3, 0.4) is 0 Å². The fourth-order valence-corrected chi connectivity index (χ4v) is 0.923. The first-order valence-corrected chi connectivity index (χ1v) is 4.44. The molecule has 12 heavy (non-hydrogen) atoms. The SMILES string of the molecule is C=C(Br)COc1cccnc1Cl. The molecule has 0 aliphatic carbocycles. The Labute approximate surface area is 84.3 Å². The van der Waals surface area contributed by atoms with Crippen LogP contribution in [0.4, 0.5) is 0 Å². The molecule has 2 nitrogen and oxygen atoms in total. The van der Waals surface area contributed by atoms with Crippen molar-refractivity contribution in [2.45, 2.75) is 0 Å². The van der Waals surface area contributed by atoms with Crippen LogP contribution in [0.25, 0.3) is 0 Å². The molecule has 64 valence electrons. The molecule has 1 heterocycles. The molecule has 0 amide bonds. The molecule has 0 saturated carbocycles. The van der Waals surface area contributed by atoms with Gasteiger partial charge in [0.15, 0.2) is 10.9 Å². The van der Waals surface area contributed by atoms with Gasteiger partial charge in [-0.3, -0.25) is 0 Å². The van der Waals surface area contributed by atoms with Gasteiger partial charge in [-0.15, -0.1) is 0 Å². The third-order valence-electron chi connectivity index (χ3n) is 1.11. The molecular weight excluding hydrogens is 241 g/mol. The number of aromatic nitrogens is 1. The number of hydrogen-bond acceptors (Lipinski definition) is 2. The summed E-state index contributed by atoms with van der Waals surface area (Å²) in [6.45, 7) is 4.02. The van der Waals surface area contributed by atoms with Gasteiger partial charge in [0, 0.05) is 10.7 Å². The van der Waals surface area contributed by atoms with E-state index in [0.29, 0.717) is 17.5 Å². The lowest BCUT2D eigenvalue weighted by Gasteiger charge is -2.04. The molecule has 0 aliphatic rings. The zero-order chi connectivity index (χ0) is 8.97. The lowest BCUT2D eigenvalue weighted by atomic mass is 10.5. The highest BCUT2D eigenvalue weighted by molar-refractivity contribution is 9.11. The minimum Gasteiger partial charge on any atom is -0.485 e. The Morgan fingerprint density at radius 3 is 3.08 bits per heavy atom. The van der Waals surface area contributed by atoms with Crippen LogP contribution < -0.4 is 4.74 Å². The van der Waals surface area contributed by atoms with Crippen LogP contribution in [-0.2, 0) is 0 Å². The number of rotatable bonds is 3. The summed E-state index contributed by atoms with van der Waals surface area (Å²) in [5.74, 6) is 0.569. The molecule has 0 fully saturated rings. The van der Waals surface area contributed by atoms with Crippen LogP contribution in [0, 0.1) is 0 Å². The molecule has 0 bridgehead atoms. The first-order valence-electron chi connectivity index (χ1n) is 3.27. The van der Waals surface area contributed by atoms with E-state index in [-0.39, 0.29) is 0 Å². The fourth-order valence-electron chi connectivity index (χ4n) is 0.635. The molecule has 1 aromatic rings. The standard InChI is InChI=1S/C8H7BrClNO/c1-6(9)5-12-7-3-2-4-11-8(7)10/h2-4H,1,5H2. The molecule has 0 saturated heterocycles. The average Bonchev–Trinajstić information content (AvgIpc) is 2.03. The molecule has 0 aromatic carbocycles. The maximum absolute atomic E-state index is 5.73.